The zero-order valence-corrected chi connectivity index (χ0v) is 6.91. The molecule has 0 fully saturated rings. The predicted molar refractivity (Wildman–Crippen MR) is 44.9 cm³/mol. The molecular weight excluding hydrogens is 146 g/mol. The molecule has 0 aromatic carbocycles. The van der Waals surface area contributed by atoms with Gasteiger partial charge in [-0.25, -0.2) is 0 Å². The minimum Gasteiger partial charge on any atom is -0.326 e. The summed E-state index contributed by atoms with van der Waals surface area (Å²) in [6, 6.07) is 0. The highest BCUT2D eigenvalue weighted by atomic mass is 35.5. The number of hydrogen-bond acceptors (Lipinski definition) is 1. The van der Waals surface area contributed by atoms with E-state index < -0.39 is 0 Å². The molecule has 0 aromatic heterocycles. The number of halogens is 1. The molecule has 0 bridgehead atoms. The first kappa shape index (κ1) is 7.83. The molecule has 2 N–H and O–H groups in total. The largest absolute Gasteiger partial charge is 0.326 e. The molecule has 0 heterocycles. The van der Waals surface area contributed by atoms with Crippen molar-refractivity contribution in [2.75, 3.05) is 6.54 Å². The second kappa shape index (κ2) is 3.22. The monoisotopic (exact) mass is 157 g/mol. The fourth-order valence-electron chi connectivity index (χ4n) is 1.12. The molecule has 1 aliphatic carbocycles. The molecule has 1 nitrogen and oxygen atoms in total. The molecule has 1 rings (SSSR count). The van der Waals surface area contributed by atoms with Gasteiger partial charge in [-0.05, 0) is 30.9 Å². The third-order valence-corrected chi connectivity index (χ3v) is 2.34. The lowest BCUT2D eigenvalue weighted by Crippen LogP contribution is -2.07. The van der Waals surface area contributed by atoms with Crippen molar-refractivity contribution < 1.29 is 0 Å². The van der Waals surface area contributed by atoms with Crippen LogP contribution < -0.4 is 5.73 Å². The van der Waals surface area contributed by atoms with Gasteiger partial charge in [-0.3, -0.25) is 0 Å². The van der Waals surface area contributed by atoms with E-state index in [0.29, 0.717) is 6.54 Å². The topological polar surface area (TPSA) is 26.0 Å². The summed E-state index contributed by atoms with van der Waals surface area (Å²) in [6.07, 6.45) is 4.20. The van der Waals surface area contributed by atoms with Crippen molar-refractivity contribution in [3.8, 4) is 0 Å². The molecular formula is C8H12ClN. The normalized spacial score (nSPS) is 19.3. The highest BCUT2D eigenvalue weighted by molar-refractivity contribution is 6.30. The Balaban J connectivity index is 2.83. The van der Waals surface area contributed by atoms with Crippen LogP contribution in [-0.2, 0) is 0 Å². The molecule has 0 atom stereocenters. The van der Waals surface area contributed by atoms with Gasteiger partial charge in [0.15, 0.2) is 0 Å². The van der Waals surface area contributed by atoms with E-state index in [2.05, 4.69) is 6.08 Å². The molecule has 10 heavy (non-hydrogen) atoms. The Morgan fingerprint density at radius 1 is 1.70 bits per heavy atom. The molecule has 1 aliphatic rings. The van der Waals surface area contributed by atoms with Crippen molar-refractivity contribution in [1.29, 1.82) is 0 Å². The van der Waals surface area contributed by atoms with E-state index in [4.69, 9.17) is 17.3 Å². The highest BCUT2D eigenvalue weighted by Gasteiger charge is 2.07. The molecule has 0 saturated heterocycles. The third-order valence-electron chi connectivity index (χ3n) is 1.86. The number of nitrogens with two attached hydrogens (primary N) is 1. The van der Waals surface area contributed by atoms with Crippen molar-refractivity contribution in [3.05, 3.63) is 22.3 Å². The molecule has 0 aliphatic heterocycles. The molecule has 0 unspecified atom stereocenters. The van der Waals surface area contributed by atoms with Crippen LogP contribution in [0.2, 0.25) is 0 Å². The van der Waals surface area contributed by atoms with Crippen molar-refractivity contribution >= 4 is 11.6 Å². The van der Waals surface area contributed by atoms with E-state index in [0.717, 1.165) is 17.9 Å². The van der Waals surface area contributed by atoms with Gasteiger partial charge in [-0.1, -0.05) is 17.7 Å². The highest BCUT2D eigenvalue weighted by Crippen LogP contribution is 2.26. The van der Waals surface area contributed by atoms with Crippen LogP contribution in [0.5, 0.6) is 0 Å². The van der Waals surface area contributed by atoms with Crippen LogP contribution in [0.15, 0.2) is 22.3 Å². The summed E-state index contributed by atoms with van der Waals surface area (Å²) in [4.78, 5) is 0. The number of rotatable bonds is 1. The summed E-state index contributed by atoms with van der Waals surface area (Å²) in [5, 5.41) is 0.975. The Labute approximate surface area is 66.6 Å². The second-order valence-electron chi connectivity index (χ2n) is 2.50. The minimum absolute atomic E-state index is 0.613. The predicted octanol–water partition coefficient (Wildman–Crippen LogP) is 2.18. The van der Waals surface area contributed by atoms with E-state index in [1.54, 1.807) is 0 Å². The molecule has 0 spiro atoms. The molecule has 0 saturated carbocycles. The molecule has 0 radical (unpaired) electrons. The summed E-state index contributed by atoms with van der Waals surface area (Å²) in [5.41, 5.74) is 7.88. The lowest BCUT2D eigenvalue weighted by molar-refractivity contribution is 0.949. The third kappa shape index (κ3) is 1.41. The summed E-state index contributed by atoms with van der Waals surface area (Å²) in [6.45, 7) is 2.64. The summed E-state index contributed by atoms with van der Waals surface area (Å²) >= 11 is 5.92. The number of hydrogen-bond donors (Lipinski definition) is 1. The van der Waals surface area contributed by atoms with Crippen LogP contribution in [-0.4, -0.2) is 6.54 Å². The van der Waals surface area contributed by atoms with Crippen LogP contribution in [0.3, 0.4) is 0 Å². The molecule has 2 heteroatoms. The van der Waals surface area contributed by atoms with E-state index in [-0.39, 0.29) is 0 Å². The average Bonchev–Trinajstić information content (AvgIpc) is 1.95. The van der Waals surface area contributed by atoms with E-state index in [1.165, 1.54) is 11.1 Å². The van der Waals surface area contributed by atoms with Gasteiger partial charge in [0.25, 0.3) is 0 Å². The van der Waals surface area contributed by atoms with Crippen molar-refractivity contribution in [1.82, 2.24) is 0 Å². The van der Waals surface area contributed by atoms with E-state index in [1.807, 2.05) is 6.92 Å². The maximum Gasteiger partial charge on any atom is 0.0216 e. The standard InChI is InChI=1S/C8H12ClN/c1-6-7(5-10)3-2-4-8(6)9/h3H,2,4-5,10H2,1H3. The van der Waals surface area contributed by atoms with Gasteiger partial charge >= 0.3 is 0 Å². The van der Waals surface area contributed by atoms with Crippen molar-refractivity contribution in [2.45, 2.75) is 19.8 Å². The molecule has 56 valence electrons. The Hall–Kier alpha value is -0.270. The Morgan fingerprint density at radius 3 is 2.90 bits per heavy atom. The fourth-order valence-corrected chi connectivity index (χ4v) is 1.35. The number of allylic oxidation sites excluding steroid dienone is 2. The van der Waals surface area contributed by atoms with E-state index in [9.17, 15) is 0 Å². The SMILES string of the molecule is CC1=C(Cl)CCC=C1CN. The summed E-state index contributed by atoms with van der Waals surface area (Å²) < 4.78 is 0. The maximum absolute atomic E-state index is 5.92. The fraction of sp³-hybridized carbons (Fsp3) is 0.500. The van der Waals surface area contributed by atoms with Crippen LogP contribution in [0.25, 0.3) is 0 Å². The van der Waals surface area contributed by atoms with Crippen LogP contribution >= 0.6 is 11.6 Å². The quantitative estimate of drug-likeness (QED) is 0.621. The Bertz CT molecular complexity index is 191. The average molecular weight is 158 g/mol. The van der Waals surface area contributed by atoms with Gasteiger partial charge in [-0.15, -0.1) is 0 Å². The van der Waals surface area contributed by atoms with Crippen molar-refractivity contribution in [2.24, 2.45) is 5.73 Å². The van der Waals surface area contributed by atoms with Crippen LogP contribution in [0, 0.1) is 0 Å². The maximum atomic E-state index is 5.92. The molecule has 0 amide bonds. The lowest BCUT2D eigenvalue weighted by Gasteiger charge is -2.13. The van der Waals surface area contributed by atoms with Gasteiger partial charge in [0, 0.05) is 11.6 Å². The zero-order valence-electron chi connectivity index (χ0n) is 6.15. The Morgan fingerprint density at radius 2 is 2.40 bits per heavy atom. The first-order valence-corrected chi connectivity index (χ1v) is 3.88. The lowest BCUT2D eigenvalue weighted by atomic mass is 9.99. The van der Waals surface area contributed by atoms with E-state index >= 15 is 0 Å². The van der Waals surface area contributed by atoms with Gasteiger partial charge in [0.1, 0.15) is 0 Å². The van der Waals surface area contributed by atoms with Gasteiger partial charge in [-0.2, -0.15) is 0 Å². The first-order valence-electron chi connectivity index (χ1n) is 3.50. The summed E-state index contributed by atoms with van der Waals surface area (Å²) in [5.74, 6) is 0. The zero-order chi connectivity index (χ0) is 7.56. The second-order valence-corrected chi connectivity index (χ2v) is 2.96. The van der Waals surface area contributed by atoms with Gasteiger partial charge in [0.2, 0.25) is 0 Å². The summed E-state index contributed by atoms with van der Waals surface area (Å²) in [7, 11) is 0. The van der Waals surface area contributed by atoms with Crippen LogP contribution in [0.4, 0.5) is 0 Å². The van der Waals surface area contributed by atoms with Crippen LogP contribution in [0.1, 0.15) is 19.8 Å². The Kier molecular flexibility index (Phi) is 2.52. The smallest absolute Gasteiger partial charge is 0.0216 e. The van der Waals surface area contributed by atoms with Crippen molar-refractivity contribution in [3.63, 3.8) is 0 Å². The first-order chi connectivity index (χ1) is 4.75. The molecule has 0 aromatic rings. The van der Waals surface area contributed by atoms with Gasteiger partial charge < -0.3 is 5.73 Å². The van der Waals surface area contributed by atoms with Gasteiger partial charge in [0.05, 0.1) is 0 Å². The minimum atomic E-state index is 0.613.